The molecule has 0 aliphatic carbocycles. The molecule has 0 radical (unpaired) electrons. The molecule has 1 saturated heterocycles. The van der Waals surface area contributed by atoms with Gasteiger partial charge in [-0.1, -0.05) is 24.0 Å². The van der Waals surface area contributed by atoms with Crippen molar-refractivity contribution in [2.24, 2.45) is 0 Å². The van der Waals surface area contributed by atoms with Gasteiger partial charge in [-0.25, -0.2) is 4.98 Å². The summed E-state index contributed by atoms with van der Waals surface area (Å²) in [6, 6.07) is 8.09. The van der Waals surface area contributed by atoms with Crippen LogP contribution in [0.4, 0.5) is 0 Å². The molecule has 9 nitrogen and oxygen atoms in total. The van der Waals surface area contributed by atoms with Gasteiger partial charge in [0.25, 0.3) is 5.91 Å². The molecule has 1 amide bonds. The Bertz CT molecular complexity index is 1360. The van der Waals surface area contributed by atoms with E-state index >= 15 is 0 Å². The second-order valence-corrected chi connectivity index (χ2v) is 9.30. The van der Waals surface area contributed by atoms with E-state index in [0.29, 0.717) is 41.4 Å². The van der Waals surface area contributed by atoms with Crippen molar-refractivity contribution in [2.45, 2.75) is 26.3 Å². The number of ketones is 1. The van der Waals surface area contributed by atoms with Crippen molar-refractivity contribution in [3.63, 3.8) is 0 Å². The highest BCUT2D eigenvalue weighted by molar-refractivity contribution is 6.46. The number of benzene rings is 1. The molecule has 1 unspecified atom stereocenters. The molecular formula is C27H32N4O5. The number of fused-ring (bicyclic) bond motifs is 1. The lowest BCUT2D eigenvalue weighted by atomic mass is 9.95. The number of para-hydroxylation sites is 1. The minimum atomic E-state index is -0.908. The van der Waals surface area contributed by atoms with E-state index in [-0.39, 0.29) is 11.3 Å². The molecule has 0 spiro atoms. The number of carbonyl (C=O) groups excluding carboxylic acids is 2. The van der Waals surface area contributed by atoms with Crippen LogP contribution in [-0.2, 0) is 9.59 Å². The van der Waals surface area contributed by atoms with Gasteiger partial charge in [0, 0.05) is 30.3 Å². The zero-order valence-electron chi connectivity index (χ0n) is 21.5. The van der Waals surface area contributed by atoms with Gasteiger partial charge in [-0.2, -0.15) is 0 Å². The second kappa shape index (κ2) is 10.0. The molecule has 1 N–H and O–H groups in total. The van der Waals surface area contributed by atoms with E-state index in [1.54, 1.807) is 35.7 Å². The van der Waals surface area contributed by atoms with Gasteiger partial charge in [-0.15, -0.1) is 0 Å². The van der Waals surface area contributed by atoms with Crippen molar-refractivity contribution in [3.8, 4) is 11.5 Å². The highest BCUT2D eigenvalue weighted by Gasteiger charge is 2.45. The summed E-state index contributed by atoms with van der Waals surface area (Å²) < 4.78 is 12.8. The van der Waals surface area contributed by atoms with Crippen LogP contribution in [0, 0.1) is 13.8 Å². The lowest BCUT2D eigenvalue weighted by Gasteiger charge is -2.29. The summed E-state index contributed by atoms with van der Waals surface area (Å²) in [6.07, 6.45) is 2.41. The number of rotatable bonds is 8. The van der Waals surface area contributed by atoms with Crippen molar-refractivity contribution >= 4 is 23.1 Å². The highest BCUT2D eigenvalue weighted by Crippen LogP contribution is 2.45. The second-order valence-electron chi connectivity index (χ2n) is 9.30. The summed E-state index contributed by atoms with van der Waals surface area (Å²) in [6.45, 7) is 4.77. The summed E-state index contributed by atoms with van der Waals surface area (Å²) in [5.41, 5.74) is 2.73. The number of quaternary nitrogens is 1. The Labute approximate surface area is 210 Å². The number of likely N-dealkylation sites (tertiary alicyclic amines) is 1. The first-order chi connectivity index (χ1) is 17.2. The van der Waals surface area contributed by atoms with E-state index in [9.17, 15) is 14.7 Å². The van der Waals surface area contributed by atoms with Crippen LogP contribution in [0.15, 0.2) is 42.1 Å². The molecule has 0 saturated carbocycles. The van der Waals surface area contributed by atoms with Gasteiger partial charge in [0.05, 0.1) is 52.3 Å². The third kappa shape index (κ3) is 4.19. The summed E-state index contributed by atoms with van der Waals surface area (Å²) in [5, 5.41) is 14.1. The molecule has 1 atom stereocenters. The van der Waals surface area contributed by atoms with Crippen LogP contribution in [0.3, 0.4) is 0 Å². The van der Waals surface area contributed by atoms with Gasteiger partial charge in [0.2, 0.25) is 5.78 Å². The number of carbonyl (C=O) groups is 2. The first-order valence-electron chi connectivity index (χ1n) is 11.9. The van der Waals surface area contributed by atoms with E-state index in [0.717, 1.165) is 12.1 Å². The lowest BCUT2D eigenvalue weighted by Crippen LogP contribution is -3.05. The third-order valence-electron chi connectivity index (χ3n) is 6.57. The molecule has 1 aromatic carbocycles. The van der Waals surface area contributed by atoms with E-state index in [2.05, 4.69) is 4.98 Å². The fraction of sp³-hybridized carbons (Fsp3) is 0.370. The van der Waals surface area contributed by atoms with E-state index < -0.39 is 23.5 Å². The SMILES string of the molecule is COc1cccc(C2/C(=C(\[O-])c3c(C)nc4c(C)cccn34)C(=O)C(=O)N2CCC[NH+](C)C)c1OC. The molecule has 4 rings (SSSR count). The number of Topliss-reactive ketones (excluding diaryl/α,β-unsaturated/α-hetero) is 1. The fourth-order valence-electron chi connectivity index (χ4n) is 4.87. The first kappa shape index (κ1) is 25.2. The zero-order valence-corrected chi connectivity index (χ0v) is 21.5. The van der Waals surface area contributed by atoms with Gasteiger partial charge in [-0.3, -0.25) is 9.59 Å². The fourth-order valence-corrected chi connectivity index (χ4v) is 4.87. The number of hydrogen-bond donors (Lipinski definition) is 1. The molecule has 9 heteroatoms. The Kier molecular flexibility index (Phi) is 7.03. The number of imidazole rings is 1. The van der Waals surface area contributed by atoms with Crippen LogP contribution in [0.2, 0.25) is 0 Å². The number of pyridine rings is 1. The average molecular weight is 493 g/mol. The minimum Gasteiger partial charge on any atom is -0.871 e. The molecule has 2 aromatic heterocycles. The molecular weight excluding hydrogens is 460 g/mol. The Hall–Kier alpha value is -3.85. The normalized spacial score (nSPS) is 17.4. The molecule has 1 fully saturated rings. The maximum absolute atomic E-state index is 14.1. The van der Waals surface area contributed by atoms with Crippen molar-refractivity contribution in [1.29, 1.82) is 0 Å². The first-order valence-corrected chi connectivity index (χ1v) is 11.9. The zero-order chi connectivity index (χ0) is 26.1. The van der Waals surface area contributed by atoms with Crippen LogP contribution < -0.4 is 19.5 Å². The number of amides is 1. The number of ether oxygens (including phenoxy) is 2. The van der Waals surface area contributed by atoms with Gasteiger partial charge < -0.3 is 28.8 Å². The number of aryl methyl sites for hydroxylation is 2. The number of hydrogen-bond acceptors (Lipinski definition) is 6. The Morgan fingerprint density at radius 1 is 1.11 bits per heavy atom. The molecule has 36 heavy (non-hydrogen) atoms. The molecule has 190 valence electrons. The molecule has 3 heterocycles. The Balaban J connectivity index is 1.97. The summed E-state index contributed by atoms with van der Waals surface area (Å²) in [4.78, 5) is 34.0. The lowest BCUT2D eigenvalue weighted by molar-refractivity contribution is -0.858. The third-order valence-corrected chi connectivity index (χ3v) is 6.57. The predicted octanol–water partition coefficient (Wildman–Crippen LogP) is 0.727. The Morgan fingerprint density at radius 3 is 2.53 bits per heavy atom. The van der Waals surface area contributed by atoms with E-state index in [4.69, 9.17) is 9.47 Å². The van der Waals surface area contributed by atoms with Gasteiger partial charge in [-0.05, 0) is 31.5 Å². The number of methoxy groups -OCH3 is 2. The maximum Gasteiger partial charge on any atom is 0.295 e. The number of nitrogens with zero attached hydrogens (tertiary/aromatic N) is 3. The number of nitrogens with one attached hydrogen (secondary N) is 1. The van der Waals surface area contributed by atoms with Crippen molar-refractivity contribution in [1.82, 2.24) is 14.3 Å². The quantitative estimate of drug-likeness (QED) is 0.283. The average Bonchev–Trinajstić information content (AvgIpc) is 3.32. The minimum absolute atomic E-state index is 0.102. The summed E-state index contributed by atoms with van der Waals surface area (Å²) in [7, 11) is 7.06. The van der Waals surface area contributed by atoms with Crippen molar-refractivity contribution in [2.75, 3.05) is 41.4 Å². The molecule has 0 bridgehead atoms. The smallest absolute Gasteiger partial charge is 0.295 e. The van der Waals surface area contributed by atoms with Crippen LogP contribution in [-0.4, -0.2) is 67.4 Å². The van der Waals surface area contributed by atoms with Crippen LogP contribution in [0.1, 0.15) is 35.0 Å². The van der Waals surface area contributed by atoms with Crippen LogP contribution in [0.25, 0.3) is 11.4 Å². The maximum atomic E-state index is 14.1. The van der Waals surface area contributed by atoms with E-state index in [1.807, 2.05) is 33.2 Å². The largest absolute Gasteiger partial charge is 0.871 e. The van der Waals surface area contributed by atoms with Crippen LogP contribution in [0.5, 0.6) is 11.5 Å². The van der Waals surface area contributed by atoms with Crippen molar-refractivity contribution < 1.29 is 29.1 Å². The summed E-state index contributed by atoms with van der Waals surface area (Å²) in [5.74, 6) is -1.17. The van der Waals surface area contributed by atoms with Gasteiger partial charge in [0.1, 0.15) is 5.65 Å². The van der Waals surface area contributed by atoms with Gasteiger partial charge in [0.15, 0.2) is 11.5 Å². The standard InChI is InChI=1S/C27H32N4O5/c1-16-10-8-14-30-21(17(2)28-26(16)30)23(32)20-22(18-11-7-12-19(35-5)25(18)36-6)31(27(34)24(20)33)15-9-13-29(3)4/h7-8,10-12,14,22,32H,9,13,15H2,1-6H3/b23-20+. The van der Waals surface area contributed by atoms with Gasteiger partial charge >= 0.3 is 0 Å². The summed E-state index contributed by atoms with van der Waals surface area (Å²) >= 11 is 0. The van der Waals surface area contributed by atoms with Crippen LogP contribution >= 0.6 is 0 Å². The predicted molar refractivity (Wildman–Crippen MR) is 133 cm³/mol. The molecule has 1 aliphatic heterocycles. The monoisotopic (exact) mass is 492 g/mol. The van der Waals surface area contributed by atoms with Crippen molar-refractivity contribution in [3.05, 3.63) is 64.6 Å². The Morgan fingerprint density at radius 2 is 1.86 bits per heavy atom. The highest BCUT2D eigenvalue weighted by atomic mass is 16.5. The molecule has 1 aliphatic rings. The van der Waals surface area contributed by atoms with E-state index in [1.165, 1.54) is 24.0 Å². The molecule has 3 aromatic rings. The number of aromatic nitrogens is 2. The topological polar surface area (TPSA) is 101 Å².